The third-order valence-corrected chi connectivity index (χ3v) is 7.44. The Morgan fingerprint density at radius 2 is 2.00 bits per heavy atom. The summed E-state index contributed by atoms with van der Waals surface area (Å²) in [7, 11) is 1.76. The summed E-state index contributed by atoms with van der Waals surface area (Å²) in [4.78, 5) is 43.8. The summed E-state index contributed by atoms with van der Waals surface area (Å²) in [5.74, 6) is 0.993. The molecule has 9 heteroatoms. The molecule has 3 heterocycles. The van der Waals surface area contributed by atoms with Gasteiger partial charge < -0.3 is 24.1 Å². The van der Waals surface area contributed by atoms with Gasteiger partial charge in [0, 0.05) is 57.5 Å². The van der Waals surface area contributed by atoms with Crippen molar-refractivity contribution < 1.29 is 14.3 Å². The van der Waals surface area contributed by atoms with Crippen LogP contribution in [0.1, 0.15) is 58.1 Å². The summed E-state index contributed by atoms with van der Waals surface area (Å²) in [5.41, 5.74) is 4.40. The molecule has 39 heavy (non-hydrogen) atoms. The normalized spacial score (nSPS) is 16.6. The summed E-state index contributed by atoms with van der Waals surface area (Å²) < 4.78 is 9.22. The van der Waals surface area contributed by atoms with Crippen molar-refractivity contribution in [2.45, 2.75) is 79.1 Å². The number of pyridine rings is 1. The SMILES string of the molecule is CCC(NCc1ccc2c(c1)nc(-c1cc(C)c(=O)n(C)c1)n2CC1CCCN(C(C)=O)C1)C(=O)OC(C)C. The van der Waals surface area contributed by atoms with E-state index < -0.39 is 0 Å². The summed E-state index contributed by atoms with van der Waals surface area (Å²) in [5, 5.41) is 3.33. The average Bonchev–Trinajstić information content (AvgIpc) is 3.24. The standard InChI is InChI=1S/C30H41N5O4/c1-7-25(30(38)39-19(2)3)31-15-22-10-11-27-26(14-22)32-28(24-13-20(4)29(37)33(6)18-24)35(27)17-23-9-8-12-34(16-23)21(5)36/h10-11,13-14,18-19,23,25,31H,7-9,12,15-17H2,1-6H3. The van der Waals surface area contributed by atoms with E-state index in [1.165, 1.54) is 0 Å². The third kappa shape index (κ3) is 6.58. The molecule has 2 atom stereocenters. The van der Waals surface area contributed by atoms with Gasteiger partial charge in [-0.1, -0.05) is 13.0 Å². The topological polar surface area (TPSA) is 98.5 Å². The fraction of sp³-hybridized carbons (Fsp3) is 0.533. The number of benzene rings is 1. The highest BCUT2D eigenvalue weighted by atomic mass is 16.5. The number of likely N-dealkylation sites (tertiary alicyclic amines) is 1. The van der Waals surface area contributed by atoms with Crippen molar-refractivity contribution >= 4 is 22.9 Å². The van der Waals surface area contributed by atoms with E-state index in [4.69, 9.17) is 9.72 Å². The Kier molecular flexibility index (Phi) is 8.90. The average molecular weight is 536 g/mol. The maximum absolute atomic E-state index is 12.4. The van der Waals surface area contributed by atoms with Gasteiger partial charge in [0.15, 0.2) is 0 Å². The van der Waals surface area contributed by atoms with Gasteiger partial charge in [0.05, 0.1) is 17.1 Å². The Balaban J connectivity index is 1.68. The lowest BCUT2D eigenvalue weighted by atomic mass is 9.97. The second-order valence-electron chi connectivity index (χ2n) is 11.0. The first-order valence-corrected chi connectivity index (χ1v) is 13.9. The predicted molar refractivity (Wildman–Crippen MR) is 152 cm³/mol. The number of carbonyl (C=O) groups is 2. The molecule has 1 saturated heterocycles. The number of hydrogen-bond acceptors (Lipinski definition) is 6. The summed E-state index contributed by atoms with van der Waals surface area (Å²) >= 11 is 0. The van der Waals surface area contributed by atoms with Crippen LogP contribution in [0.3, 0.4) is 0 Å². The largest absolute Gasteiger partial charge is 0.462 e. The number of carbonyl (C=O) groups excluding carboxylic acids is 2. The highest BCUT2D eigenvalue weighted by molar-refractivity contribution is 5.81. The van der Waals surface area contributed by atoms with Crippen LogP contribution in [-0.2, 0) is 34.5 Å². The van der Waals surface area contributed by atoms with E-state index in [1.54, 1.807) is 18.5 Å². The van der Waals surface area contributed by atoms with E-state index in [1.807, 2.05) is 44.9 Å². The first-order valence-electron chi connectivity index (χ1n) is 13.9. The van der Waals surface area contributed by atoms with Crippen LogP contribution in [0.25, 0.3) is 22.4 Å². The Morgan fingerprint density at radius 3 is 2.67 bits per heavy atom. The predicted octanol–water partition coefficient (Wildman–Crippen LogP) is 3.79. The molecular formula is C30H41N5O4. The minimum absolute atomic E-state index is 0.0272. The number of ether oxygens (including phenoxy) is 1. The molecule has 0 radical (unpaired) electrons. The second kappa shape index (κ2) is 12.2. The van der Waals surface area contributed by atoms with Gasteiger partial charge in [0.25, 0.3) is 5.56 Å². The number of nitrogens with one attached hydrogen (secondary N) is 1. The number of esters is 1. The molecule has 0 saturated carbocycles. The van der Waals surface area contributed by atoms with Crippen molar-refractivity contribution in [3.63, 3.8) is 0 Å². The van der Waals surface area contributed by atoms with E-state index in [9.17, 15) is 14.4 Å². The number of imidazole rings is 1. The molecule has 2 aromatic heterocycles. The van der Waals surface area contributed by atoms with E-state index in [0.717, 1.165) is 60.5 Å². The molecule has 0 bridgehead atoms. The number of aryl methyl sites for hydroxylation is 2. The van der Waals surface area contributed by atoms with Crippen LogP contribution in [0.15, 0.2) is 35.3 Å². The maximum atomic E-state index is 12.4. The number of fused-ring (bicyclic) bond motifs is 1. The van der Waals surface area contributed by atoms with Gasteiger partial charge in [-0.25, -0.2) is 4.98 Å². The van der Waals surface area contributed by atoms with E-state index in [2.05, 4.69) is 28.1 Å². The molecule has 2 unspecified atom stereocenters. The third-order valence-electron chi connectivity index (χ3n) is 7.44. The summed E-state index contributed by atoms with van der Waals surface area (Å²) in [6.45, 7) is 11.9. The lowest BCUT2D eigenvalue weighted by Gasteiger charge is -2.32. The van der Waals surface area contributed by atoms with Crippen molar-refractivity contribution in [2.24, 2.45) is 13.0 Å². The van der Waals surface area contributed by atoms with Crippen molar-refractivity contribution in [3.05, 3.63) is 51.9 Å². The molecule has 1 amide bonds. The first kappa shape index (κ1) is 28.5. The summed E-state index contributed by atoms with van der Waals surface area (Å²) in [6, 6.07) is 7.72. The van der Waals surface area contributed by atoms with Crippen molar-refractivity contribution in [1.82, 2.24) is 24.3 Å². The van der Waals surface area contributed by atoms with E-state index >= 15 is 0 Å². The Bertz CT molecular complexity index is 1380. The van der Waals surface area contributed by atoms with Crippen LogP contribution in [0.4, 0.5) is 0 Å². The zero-order chi connectivity index (χ0) is 28.3. The van der Waals surface area contributed by atoms with Gasteiger partial charge in [-0.3, -0.25) is 14.4 Å². The van der Waals surface area contributed by atoms with Gasteiger partial charge in [-0.15, -0.1) is 0 Å². The van der Waals surface area contributed by atoms with Crippen LogP contribution in [0, 0.1) is 12.8 Å². The maximum Gasteiger partial charge on any atom is 0.323 e. The lowest BCUT2D eigenvalue weighted by Crippen LogP contribution is -2.39. The van der Waals surface area contributed by atoms with Crippen molar-refractivity contribution in [1.29, 1.82) is 0 Å². The van der Waals surface area contributed by atoms with E-state index in [-0.39, 0.29) is 29.6 Å². The molecule has 0 spiro atoms. The monoisotopic (exact) mass is 535 g/mol. The number of rotatable bonds is 9. The first-order chi connectivity index (χ1) is 18.6. The highest BCUT2D eigenvalue weighted by Gasteiger charge is 2.25. The van der Waals surface area contributed by atoms with Crippen LogP contribution in [0.5, 0.6) is 0 Å². The fourth-order valence-electron chi connectivity index (χ4n) is 5.40. The molecule has 1 aliphatic rings. The number of nitrogens with zero attached hydrogens (tertiary/aromatic N) is 4. The molecule has 3 aromatic rings. The van der Waals surface area contributed by atoms with Crippen molar-refractivity contribution in [3.8, 4) is 11.4 Å². The molecule has 9 nitrogen and oxygen atoms in total. The Morgan fingerprint density at radius 1 is 1.23 bits per heavy atom. The minimum atomic E-state index is -0.375. The van der Waals surface area contributed by atoms with Gasteiger partial charge >= 0.3 is 5.97 Å². The molecule has 0 aliphatic carbocycles. The number of amides is 1. The number of piperidine rings is 1. The van der Waals surface area contributed by atoms with Gasteiger partial charge in [0.2, 0.25) is 5.91 Å². The Hall–Kier alpha value is -3.46. The summed E-state index contributed by atoms with van der Waals surface area (Å²) in [6.07, 6.45) is 4.35. The molecule has 1 aromatic carbocycles. The lowest BCUT2D eigenvalue weighted by molar-refractivity contribution is -0.150. The fourth-order valence-corrected chi connectivity index (χ4v) is 5.40. The highest BCUT2D eigenvalue weighted by Crippen LogP contribution is 2.29. The number of hydrogen-bond donors (Lipinski definition) is 1. The minimum Gasteiger partial charge on any atom is -0.462 e. The van der Waals surface area contributed by atoms with Crippen LogP contribution in [-0.4, -0.2) is 56.1 Å². The number of aromatic nitrogens is 3. The molecule has 1 fully saturated rings. The molecule has 1 N–H and O–H groups in total. The van der Waals surface area contributed by atoms with Gasteiger partial charge in [-0.05, 0) is 69.7 Å². The quantitative estimate of drug-likeness (QED) is 0.419. The molecule has 210 valence electrons. The molecule has 1 aliphatic heterocycles. The van der Waals surface area contributed by atoms with Gasteiger partial charge in [-0.2, -0.15) is 0 Å². The Labute approximate surface area is 230 Å². The molecule has 4 rings (SSSR count). The zero-order valence-corrected chi connectivity index (χ0v) is 24.0. The van der Waals surface area contributed by atoms with Gasteiger partial charge in [0.1, 0.15) is 11.9 Å². The smallest absolute Gasteiger partial charge is 0.323 e. The van der Waals surface area contributed by atoms with Crippen molar-refractivity contribution in [2.75, 3.05) is 13.1 Å². The van der Waals surface area contributed by atoms with Crippen LogP contribution in [0.2, 0.25) is 0 Å². The second-order valence-corrected chi connectivity index (χ2v) is 11.0. The van der Waals surface area contributed by atoms with Crippen LogP contribution >= 0.6 is 0 Å². The van der Waals surface area contributed by atoms with Crippen LogP contribution < -0.4 is 10.9 Å². The van der Waals surface area contributed by atoms with E-state index in [0.29, 0.717) is 24.4 Å². The molecular weight excluding hydrogens is 494 g/mol. The zero-order valence-electron chi connectivity index (χ0n) is 24.0.